The summed E-state index contributed by atoms with van der Waals surface area (Å²) in [5.74, 6) is -0.129. The van der Waals surface area contributed by atoms with Gasteiger partial charge in [-0.15, -0.1) is 0 Å². The van der Waals surface area contributed by atoms with Crippen LogP contribution in [0, 0.1) is 0 Å². The number of hydrogen-bond acceptors (Lipinski definition) is 1. The molecule has 0 saturated heterocycles. The van der Waals surface area contributed by atoms with Gasteiger partial charge < -0.3 is 5.32 Å². The minimum absolute atomic E-state index is 0.0712. The molecule has 0 saturated carbocycles. The van der Waals surface area contributed by atoms with Crippen molar-refractivity contribution >= 4 is 49.4 Å². The van der Waals surface area contributed by atoms with Gasteiger partial charge in [-0.2, -0.15) is 0 Å². The maximum atomic E-state index is 12.3. The molecule has 0 bridgehead atoms. The van der Waals surface area contributed by atoms with Crippen LogP contribution in [-0.2, 0) is 0 Å². The predicted octanol–water partition coefficient (Wildman–Crippen LogP) is 4.97. The summed E-state index contributed by atoms with van der Waals surface area (Å²) in [5.41, 5.74) is 1.63. The van der Waals surface area contributed by atoms with Crippen molar-refractivity contribution in [2.75, 3.05) is 5.33 Å². The molecule has 20 heavy (non-hydrogen) atoms. The molecule has 0 aliphatic rings. The average Bonchev–Trinajstić information content (AvgIpc) is 2.48. The van der Waals surface area contributed by atoms with Gasteiger partial charge in [0.15, 0.2) is 0 Å². The van der Waals surface area contributed by atoms with Crippen LogP contribution in [0.3, 0.4) is 0 Å². The molecule has 104 valence electrons. The van der Waals surface area contributed by atoms with Crippen LogP contribution in [0.15, 0.2) is 53.0 Å². The number of carbonyl (C=O) groups is 1. The van der Waals surface area contributed by atoms with Crippen LogP contribution < -0.4 is 5.32 Å². The zero-order chi connectivity index (χ0) is 14.5. The molecule has 2 nitrogen and oxygen atoms in total. The zero-order valence-electron chi connectivity index (χ0n) is 10.4. The van der Waals surface area contributed by atoms with Crippen molar-refractivity contribution in [3.05, 3.63) is 69.2 Å². The van der Waals surface area contributed by atoms with E-state index in [1.54, 1.807) is 18.2 Å². The Morgan fingerprint density at radius 3 is 2.50 bits per heavy atom. The average molecular weight is 418 g/mol. The first-order valence-corrected chi connectivity index (χ1v) is 8.28. The van der Waals surface area contributed by atoms with Crippen molar-refractivity contribution in [1.29, 1.82) is 0 Å². The predicted molar refractivity (Wildman–Crippen MR) is 89.6 cm³/mol. The molecule has 0 aliphatic heterocycles. The van der Waals surface area contributed by atoms with Crippen molar-refractivity contribution in [2.24, 2.45) is 0 Å². The molecule has 0 aliphatic carbocycles. The summed E-state index contributed by atoms with van der Waals surface area (Å²) in [5, 5.41) is 4.23. The van der Waals surface area contributed by atoms with Gasteiger partial charge in [-0.05, 0) is 39.7 Å². The number of halogens is 3. The van der Waals surface area contributed by atoms with Gasteiger partial charge in [0.25, 0.3) is 5.91 Å². The lowest BCUT2D eigenvalue weighted by molar-refractivity contribution is 0.0940. The molecule has 0 fully saturated rings. The molecule has 1 amide bonds. The van der Waals surface area contributed by atoms with E-state index in [1.807, 2.05) is 30.3 Å². The molecule has 0 spiro atoms. The van der Waals surface area contributed by atoms with E-state index in [0.717, 1.165) is 5.56 Å². The first kappa shape index (κ1) is 15.5. The quantitative estimate of drug-likeness (QED) is 0.700. The van der Waals surface area contributed by atoms with Crippen LogP contribution in [0.2, 0.25) is 5.02 Å². The van der Waals surface area contributed by atoms with Crippen LogP contribution in [0.25, 0.3) is 0 Å². The van der Waals surface area contributed by atoms with Crippen LogP contribution >= 0.6 is 43.5 Å². The Morgan fingerprint density at radius 1 is 1.20 bits per heavy atom. The molecule has 0 heterocycles. The summed E-state index contributed by atoms with van der Waals surface area (Å²) >= 11 is 12.7. The van der Waals surface area contributed by atoms with Gasteiger partial charge in [0.2, 0.25) is 0 Å². The van der Waals surface area contributed by atoms with Gasteiger partial charge in [-0.3, -0.25) is 4.79 Å². The highest BCUT2D eigenvalue weighted by molar-refractivity contribution is 9.10. The second-order valence-corrected chi connectivity index (χ2v) is 6.13. The van der Waals surface area contributed by atoms with E-state index in [2.05, 4.69) is 37.2 Å². The highest BCUT2D eigenvalue weighted by atomic mass is 79.9. The van der Waals surface area contributed by atoms with Crippen molar-refractivity contribution < 1.29 is 4.79 Å². The van der Waals surface area contributed by atoms with Crippen molar-refractivity contribution in [3.63, 3.8) is 0 Å². The molecule has 0 aromatic heterocycles. The Balaban J connectivity index is 2.15. The fraction of sp³-hybridized carbons (Fsp3) is 0.133. The first-order valence-electron chi connectivity index (χ1n) is 5.98. The normalized spacial score (nSPS) is 11.9. The molecule has 1 unspecified atom stereocenters. The Bertz CT molecular complexity index is 604. The van der Waals surface area contributed by atoms with E-state index in [1.165, 1.54) is 0 Å². The van der Waals surface area contributed by atoms with Gasteiger partial charge in [0.1, 0.15) is 0 Å². The van der Waals surface area contributed by atoms with Crippen LogP contribution in [0.5, 0.6) is 0 Å². The lowest BCUT2D eigenvalue weighted by Crippen LogP contribution is -2.29. The van der Waals surface area contributed by atoms with E-state index in [0.29, 0.717) is 20.4 Å². The fourth-order valence-corrected chi connectivity index (χ4v) is 2.81. The molecular weight excluding hydrogens is 405 g/mol. The zero-order valence-corrected chi connectivity index (χ0v) is 14.4. The molecular formula is C15H12Br2ClNO. The second-order valence-electron chi connectivity index (χ2n) is 4.22. The van der Waals surface area contributed by atoms with Crippen molar-refractivity contribution in [1.82, 2.24) is 5.32 Å². The lowest BCUT2D eigenvalue weighted by atomic mass is 10.1. The highest BCUT2D eigenvalue weighted by Gasteiger charge is 2.15. The largest absolute Gasteiger partial charge is 0.344 e. The lowest BCUT2D eigenvalue weighted by Gasteiger charge is -2.17. The molecule has 1 N–H and O–H groups in total. The third-order valence-electron chi connectivity index (χ3n) is 2.84. The highest BCUT2D eigenvalue weighted by Crippen LogP contribution is 2.24. The Morgan fingerprint density at radius 2 is 1.90 bits per heavy atom. The smallest absolute Gasteiger partial charge is 0.251 e. The Kier molecular flexibility index (Phi) is 5.64. The van der Waals surface area contributed by atoms with E-state index < -0.39 is 0 Å². The van der Waals surface area contributed by atoms with Crippen LogP contribution in [0.1, 0.15) is 22.0 Å². The van der Waals surface area contributed by atoms with Crippen molar-refractivity contribution in [2.45, 2.75) is 6.04 Å². The van der Waals surface area contributed by atoms with Gasteiger partial charge in [-0.1, -0.05) is 57.9 Å². The summed E-state index contributed by atoms with van der Waals surface area (Å²) in [6.45, 7) is 0. The maximum Gasteiger partial charge on any atom is 0.251 e. The molecule has 5 heteroatoms. The van der Waals surface area contributed by atoms with E-state index in [-0.39, 0.29) is 11.9 Å². The molecule has 0 radical (unpaired) electrons. The first-order chi connectivity index (χ1) is 9.61. The maximum absolute atomic E-state index is 12.3. The van der Waals surface area contributed by atoms with E-state index in [4.69, 9.17) is 11.6 Å². The van der Waals surface area contributed by atoms with E-state index >= 15 is 0 Å². The van der Waals surface area contributed by atoms with E-state index in [9.17, 15) is 4.79 Å². The Hall–Kier alpha value is -0.840. The summed E-state index contributed by atoms with van der Waals surface area (Å²) in [6, 6.07) is 14.9. The number of alkyl halides is 1. The van der Waals surface area contributed by atoms with Gasteiger partial charge in [-0.25, -0.2) is 0 Å². The topological polar surface area (TPSA) is 29.1 Å². The minimum Gasteiger partial charge on any atom is -0.344 e. The molecule has 2 aromatic carbocycles. The molecule has 2 aromatic rings. The summed E-state index contributed by atoms with van der Waals surface area (Å²) in [7, 11) is 0. The van der Waals surface area contributed by atoms with Gasteiger partial charge in [0, 0.05) is 15.4 Å². The summed E-state index contributed by atoms with van der Waals surface area (Å²) < 4.78 is 0.710. The van der Waals surface area contributed by atoms with Crippen LogP contribution in [-0.4, -0.2) is 11.2 Å². The van der Waals surface area contributed by atoms with Gasteiger partial charge in [0.05, 0.1) is 11.1 Å². The number of amides is 1. The standard InChI is InChI=1S/C15H12Br2ClNO/c16-9-14(10-4-2-1-3-5-10)19-15(20)11-6-7-13(18)12(17)8-11/h1-8,14H,9H2,(H,19,20). The summed E-state index contributed by atoms with van der Waals surface area (Å²) in [6.07, 6.45) is 0. The third kappa shape index (κ3) is 3.84. The second kappa shape index (κ2) is 7.25. The summed E-state index contributed by atoms with van der Waals surface area (Å²) in [4.78, 5) is 12.3. The number of rotatable bonds is 4. The number of nitrogens with one attached hydrogen (secondary N) is 1. The molecule has 1 atom stereocenters. The molecule has 2 rings (SSSR count). The minimum atomic E-state index is -0.129. The number of hydrogen-bond donors (Lipinski definition) is 1. The fourth-order valence-electron chi connectivity index (χ4n) is 1.78. The monoisotopic (exact) mass is 415 g/mol. The SMILES string of the molecule is O=C(NC(CBr)c1ccccc1)c1ccc(Cl)c(Br)c1. The number of benzene rings is 2. The van der Waals surface area contributed by atoms with Crippen molar-refractivity contribution in [3.8, 4) is 0 Å². The van der Waals surface area contributed by atoms with Crippen LogP contribution in [0.4, 0.5) is 0 Å². The third-order valence-corrected chi connectivity index (χ3v) is 4.70. The Labute approximate surface area is 139 Å². The number of carbonyl (C=O) groups excluding carboxylic acids is 1. The van der Waals surface area contributed by atoms with Gasteiger partial charge >= 0.3 is 0 Å².